The molecule has 0 spiro atoms. The third kappa shape index (κ3) is 5.75. The van der Waals surface area contributed by atoms with Crippen LogP contribution >= 0.6 is 0 Å². The molecule has 31 heavy (non-hydrogen) atoms. The monoisotopic (exact) mass is 427 g/mol. The van der Waals surface area contributed by atoms with Crippen molar-refractivity contribution in [3.8, 4) is 0 Å². The van der Waals surface area contributed by atoms with Crippen molar-refractivity contribution < 1.29 is 4.74 Å². The highest BCUT2D eigenvalue weighted by Crippen LogP contribution is 2.29. The van der Waals surface area contributed by atoms with E-state index in [-0.39, 0.29) is 0 Å². The summed E-state index contributed by atoms with van der Waals surface area (Å²) in [5.41, 5.74) is 2.24. The Kier molecular flexibility index (Phi) is 7.77. The second-order valence-electron chi connectivity index (χ2n) is 8.53. The van der Waals surface area contributed by atoms with E-state index in [0.29, 0.717) is 11.9 Å². The van der Waals surface area contributed by atoms with Crippen molar-refractivity contribution in [1.82, 2.24) is 20.2 Å². The van der Waals surface area contributed by atoms with E-state index in [1.807, 2.05) is 7.05 Å². The average Bonchev–Trinajstić information content (AvgIpc) is 3.29. The average molecular weight is 428 g/mol. The van der Waals surface area contributed by atoms with Crippen LogP contribution in [0.25, 0.3) is 10.9 Å². The maximum absolute atomic E-state index is 5.42. The van der Waals surface area contributed by atoms with Gasteiger partial charge >= 0.3 is 0 Å². The summed E-state index contributed by atoms with van der Waals surface area (Å²) in [6.45, 7) is 12.4. The van der Waals surface area contributed by atoms with Gasteiger partial charge in [0.1, 0.15) is 5.82 Å². The molecule has 1 aromatic carbocycles. The van der Waals surface area contributed by atoms with Crippen LogP contribution in [0.1, 0.15) is 19.8 Å². The Bertz CT molecular complexity index is 840. The Balaban J connectivity index is 1.33. The summed E-state index contributed by atoms with van der Waals surface area (Å²) in [4.78, 5) is 14.3. The van der Waals surface area contributed by atoms with Gasteiger partial charge in [-0.15, -0.1) is 0 Å². The molecule has 2 saturated heterocycles. The summed E-state index contributed by atoms with van der Waals surface area (Å²) >= 11 is 0. The van der Waals surface area contributed by atoms with E-state index in [2.05, 4.69) is 55.9 Å². The molecule has 2 aromatic rings. The number of benzene rings is 1. The van der Waals surface area contributed by atoms with Crippen LogP contribution in [-0.4, -0.2) is 87.5 Å². The molecule has 3 N–H and O–H groups in total. The number of nitrogens with zero attached hydrogens (tertiary/aromatic N) is 4. The first kappa shape index (κ1) is 22.0. The zero-order valence-corrected chi connectivity index (χ0v) is 19.0. The van der Waals surface area contributed by atoms with Crippen LogP contribution in [0.5, 0.6) is 0 Å². The highest BCUT2D eigenvalue weighted by molar-refractivity contribution is 5.92. The number of morpholine rings is 1. The number of hydrogen-bond donors (Lipinski definition) is 3. The predicted octanol–water partition coefficient (Wildman–Crippen LogP) is 2.24. The fraction of sp³-hybridized carbons (Fsp3) is 0.652. The fourth-order valence-electron chi connectivity index (χ4n) is 4.41. The third-order valence-electron chi connectivity index (χ3n) is 6.24. The van der Waals surface area contributed by atoms with Crippen LogP contribution in [0.2, 0.25) is 0 Å². The van der Waals surface area contributed by atoms with E-state index in [4.69, 9.17) is 9.72 Å². The molecule has 0 amide bonds. The molecule has 1 aromatic heterocycles. The Hall–Kier alpha value is -2.16. The normalized spacial score (nSPS) is 19.8. The van der Waals surface area contributed by atoms with Gasteiger partial charge in [-0.25, -0.2) is 4.98 Å². The summed E-state index contributed by atoms with van der Waals surface area (Å²) < 4.78 is 5.42. The second-order valence-corrected chi connectivity index (χ2v) is 8.53. The molecule has 0 radical (unpaired) electrons. The van der Waals surface area contributed by atoms with Gasteiger partial charge < -0.3 is 25.6 Å². The minimum atomic E-state index is 0.659. The van der Waals surface area contributed by atoms with Gasteiger partial charge in [-0.3, -0.25) is 4.90 Å². The van der Waals surface area contributed by atoms with Crippen LogP contribution in [0, 0.1) is 5.92 Å². The lowest BCUT2D eigenvalue weighted by Crippen LogP contribution is -2.41. The molecule has 8 heteroatoms. The van der Waals surface area contributed by atoms with Crippen molar-refractivity contribution in [2.75, 3.05) is 88.2 Å². The van der Waals surface area contributed by atoms with E-state index >= 15 is 0 Å². The van der Waals surface area contributed by atoms with Gasteiger partial charge in [-0.2, -0.15) is 4.98 Å². The van der Waals surface area contributed by atoms with Gasteiger partial charge in [-0.1, -0.05) is 6.92 Å². The van der Waals surface area contributed by atoms with E-state index in [1.165, 1.54) is 12.1 Å². The smallest absolute Gasteiger partial charge is 0.224 e. The van der Waals surface area contributed by atoms with E-state index in [1.54, 1.807) is 0 Å². The molecule has 2 aliphatic heterocycles. The first-order valence-corrected chi connectivity index (χ1v) is 11.8. The predicted molar refractivity (Wildman–Crippen MR) is 128 cm³/mol. The molecular weight excluding hydrogens is 390 g/mol. The van der Waals surface area contributed by atoms with Crippen LogP contribution in [0.3, 0.4) is 0 Å². The van der Waals surface area contributed by atoms with Crippen LogP contribution < -0.4 is 20.9 Å². The maximum Gasteiger partial charge on any atom is 0.224 e. The van der Waals surface area contributed by atoms with Crippen molar-refractivity contribution >= 4 is 28.4 Å². The molecule has 1 atom stereocenters. The highest BCUT2D eigenvalue weighted by Gasteiger charge is 2.23. The number of ether oxygens (including phenoxy) is 1. The van der Waals surface area contributed by atoms with Crippen molar-refractivity contribution in [3.63, 3.8) is 0 Å². The molecule has 0 saturated carbocycles. The van der Waals surface area contributed by atoms with E-state index in [0.717, 1.165) is 88.7 Å². The van der Waals surface area contributed by atoms with Gasteiger partial charge in [0.15, 0.2) is 0 Å². The molecule has 2 fully saturated rings. The first-order valence-electron chi connectivity index (χ1n) is 11.8. The number of anilines is 3. The molecule has 1 unspecified atom stereocenters. The lowest BCUT2D eigenvalue weighted by molar-refractivity contribution is 0.0383. The van der Waals surface area contributed by atoms with Gasteiger partial charge in [0.05, 0.1) is 18.7 Å². The van der Waals surface area contributed by atoms with Gasteiger partial charge in [0, 0.05) is 63.9 Å². The number of nitrogens with one attached hydrogen (secondary N) is 3. The van der Waals surface area contributed by atoms with Crippen LogP contribution in [-0.2, 0) is 4.74 Å². The number of hydrogen-bond acceptors (Lipinski definition) is 8. The maximum atomic E-state index is 5.42. The number of rotatable bonds is 10. The molecule has 170 valence electrons. The molecule has 0 bridgehead atoms. The molecule has 0 aliphatic carbocycles. The van der Waals surface area contributed by atoms with E-state index < -0.39 is 0 Å². The van der Waals surface area contributed by atoms with Crippen molar-refractivity contribution in [2.45, 2.75) is 19.8 Å². The quantitative estimate of drug-likeness (QED) is 0.499. The SMILES string of the molecule is CCCNc1nc(NC)nc2cc(N3CCC(CNCCN4CCOCC4)C3)ccc12. The third-order valence-corrected chi connectivity index (χ3v) is 6.24. The summed E-state index contributed by atoms with van der Waals surface area (Å²) in [6.07, 6.45) is 2.30. The van der Waals surface area contributed by atoms with Gasteiger partial charge in [0.2, 0.25) is 5.95 Å². The second kappa shape index (κ2) is 10.9. The zero-order valence-electron chi connectivity index (χ0n) is 19.0. The summed E-state index contributed by atoms with van der Waals surface area (Å²) in [7, 11) is 1.87. The lowest BCUT2D eigenvalue weighted by atomic mass is 10.1. The Morgan fingerprint density at radius 3 is 2.81 bits per heavy atom. The lowest BCUT2D eigenvalue weighted by Gasteiger charge is -2.26. The standard InChI is InChI=1S/C23H37N7O/c1-3-7-26-22-20-5-4-19(15-21(20)27-23(24-2)28-22)30-9-6-18(17-30)16-25-8-10-29-11-13-31-14-12-29/h4-5,15,18,25H,3,6-14,16-17H2,1-2H3,(H2,24,26,27,28). The molecule has 4 rings (SSSR count). The Morgan fingerprint density at radius 1 is 1.13 bits per heavy atom. The molecule has 8 nitrogen and oxygen atoms in total. The fourth-order valence-corrected chi connectivity index (χ4v) is 4.41. The summed E-state index contributed by atoms with van der Waals surface area (Å²) in [5.74, 6) is 2.26. The van der Waals surface area contributed by atoms with E-state index in [9.17, 15) is 0 Å². The molecule has 2 aliphatic rings. The van der Waals surface area contributed by atoms with Gasteiger partial charge in [0.25, 0.3) is 0 Å². The minimum Gasteiger partial charge on any atom is -0.379 e. The number of fused-ring (bicyclic) bond motifs is 1. The first-order chi connectivity index (χ1) is 15.3. The summed E-state index contributed by atoms with van der Waals surface area (Å²) in [6, 6.07) is 6.59. The highest BCUT2D eigenvalue weighted by atomic mass is 16.5. The van der Waals surface area contributed by atoms with Crippen molar-refractivity contribution in [1.29, 1.82) is 0 Å². The van der Waals surface area contributed by atoms with Crippen molar-refractivity contribution in [2.24, 2.45) is 5.92 Å². The minimum absolute atomic E-state index is 0.659. The largest absolute Gasteiger partial charge is 0.379 e. The number of aromatic nitrogens is 2. The Morgan fingerprint density at radius 2 is 2.00 bits per heavy atom. The molecule has 3 heterocycles. The van der Waals surface area contributed by atoms with Crippen LogP contribution in [0.4, 0.5) is 17.5 Å². The Labute approximate surface area is 185 Å². The summed E-state index contributed by atoms with van der Waals surface area (Å²) in [5, 5.41) is 11.3. The van der Waals surface area contributed by atoms with Crippen LogP contribution in [0.15, 0.2) is 18.2 Å². The molecular formula is C23H37N7O. The van der Waals surface area contributed by atoms with Crippen molar-refractivity contribution in [3.05, 3.63) is 18.2 Å². The topological polar surface area (TPSA) is 77.6 Å². The zero-order chi connectivity index (χ0) is 21.5. The van der Waals surface area contributed by atoms with Gasteiger partial charge in [-0.05, 0) is 43.5 Å².